The van der Waals surface area contributed by atoms with E-state index in [1.807, 2.05) is 0 Å². The van der Waals surface area contributed by atoms with Crippen LogP contribution in [0.1, 0.15) is 12.1 Å². The zero-order valence-corrected chi connectivity index (χ0v) is 13.3. The largest absolute Gasteiger partial charge is 0.449 e. The van der Waals surface area contributed by atoms with Crippen LogP contribution in [0.4, 0.5) is 13.2 Å². The summed E-state index contributed by atoms with van der Waals surface area (Å²) < 4.78 is 46.7. The second kappa shape index (κ2) is 5.92. The molecule has 2 heterocycles. The Bertz CT molecular complexity index is 972. The van der Waals surface area contributed by atoms with E-state index in [0.29, 0.717) is 5.39 Å². The summed E-state index contributed by atoms with van der Waals surface area (Å²) in [6.45, 7) is -0.633. The van der Waals surface area contributed by atoms with Crippen LogP contribution in [0.25, 0.3) is 21.8 Å². The van der Waals surface area contributed by atoms with E-state index in [1.54, 1.807) is 24.3 Å². The number of hydrogen-bond acceptors (Lipinski definition) is 5. The van der Waals surface area contributed by atoms with Crippen LogP contribution in [-0.4, -0.2) is 49.8 Å². The van der Waals surface area contributed by atoms with E-state index >= 15 is 0 Å². The van der Waals surface area contributed by atoms with E-state index in [9.17, 15) is 28.5 Å². The Labute approximate surface area is 145 Å². The lowest BCUT2D eigenvalue weighted by atomic mass is 10.1. The number of halogens is 3. The van der Waals surface area contributed by atoms with Crippen molar-refractivity contribution >= 4 is 21.8 Å². The average molecular weight is 368 g/mol. The average Bonchev–Trinajstić information content (AvgIpc) is 3.10. The minimum absolute atomic E-state index is 0.0914. The molecule has 4 rings (SSSR count). The first-order chi connectivity index (χ1) is 12.3. The number of imidazole rings is 1. The molecule has 0 aliphatic carbocycles. The Kier molecular flexibility index (Phi) is 3.92. The van der Waals surface area contributed by atoms with Crippen LogP contribution < -0.4 is 0 Å². The lowest BCUT2D eigenvalue weighted by molar-refractivity contribution is -0.154. The van der Waals surface area contributed by atoms with Gasteiger partial charge < -0.3 is 20.1 Å². The maximum Gasteiger partial charge on any atom is 0.449 e. The molecule has 0 spiro atoms. The van der Waals surface area contributed by atoms with Crippen molar-refractivity contribution in [2.75, 3.05) is 6.61 Å². The van der Waals surface area contributed by atoms with E-state index in [-0.39, 0.29) is 11.0 Å². The van der Waals surface area contributed by atoms with Crippen LogP contribution in [0.2, 0.25) is 0 Å². The standard InChI is InChI=1S/C17H15F3N2O4/c18-17(19,20)16-21-10-5-8-3-1-2-4-9(8)6-11(10)22(16)15-14(25)13(24)12(7-23)26-15/h1-6,12-15,23-25H,7H2/t12-,13+,14-,15-/m0/s1. The number of rotatable bonds is 2. The minimum atomic E-state index is -4.80. The van der Waals surface area contributed by atoms with Crippen LogP contribution in [0.3, 0.4) is 0 Å². The summed E-state index contributed by atoms with van der Waals surface area (Å²) >= 11 is 0. The van der Waals surface area contributed by atoms with Crippen LogP contribution in [0.15, 0.2) is 36.4 Å². The first-order valence-electron chi connectivity index (χ1n) is 7.91. The minimum Gasteiger partial charge on any atom is -0.394 e. The molecule has 0 unspecified atom stereocenters. The summed E-state index contributed by atoms with van der Waals surface area (Å²) in [4.78, 5) is 3.69. The van der Waals surface area contributed by atoms with Gasteiger partial charge in [-0.1, -0.05) is 24.3 Å². The lowest BCUT2D eigenvalue weighted by Gasteiger charge is -2.20. The molecule has 1 fully saturated rings. The lowest BCUT2D eigenvalue weighted by Crippen LogP contribution is -2.33. The monoisotopic (exact) mass is 368 g/mol. The molecule has 4 atom stereocenters. The van der Waals surface area contributed by atoms with E-state index in [1.165, 1.54) is 12.1 Å². The first-order valence-corrected chi connectivity index (χ1v) is 7.91. The third-order valence-electron chi connectivity index (χ3n) is 4.58. The molecule has 2 aromatic carbocycles. The van der Waals surface area contributed by atoms with Crippen molar-refractivity contribution in [2.45, 2.75) is 30.7 Å². The maximum absolute atomic E-state index is 13.6. The fraction of sp³-hybridized carbons (Fsp3) is 0.353. The van der Waals surface area contributed by atoms with Crippen molar-refractivity contribution in [3.05, 3.63) is 42.2 Å². The molecule has 6 nitrogen and oxygen atoms in total. The zero-order chi connectivity index (χ0) is 18.6. The predicted molar refractivity (Wildman–Crippen MR) is 85.3 cm³/mol. The predicted octanol–water partition coefficient (Wildman–Crippen LogP) is 1.82. The van der Waals surface area contributed by atoms with Crippen molar-refractivity contribution in [1.82, 2.24) is 9.55 Å². The number of alkyl halides is 3. The van der Waals surface area contributed by atoms with Gasteiger partial charge in [0, 0.05) is 0 Å². The summed E-state index contributed by atoms with van der Waals surface area (Å²) in [5.41, 5.74) is 0.208. The Morgan fingerprint density at radius 3 is 2.31 bits per heavy atom. The second-order valence-electron chi connectivity index (χ2n) is 6.22. The molecule has 26 heavy (non-hydrogen) atoms. The SMILES string of the molecule is OC[C@@H]1O[C@H](n2c(C(F)(F)F)nc3cc4ccccc4cc32)[C@@H](O)[C@@H]1O. The molecule has 3 aromatic rings. The number of hydrogen-bond donors (Lipinski definition) is 3. The van der Waals surface area contributed by atoms with Gasteiger partial charge in [0.1, 0.15) is 18.3 Å². The van der Waals surface area contributed by atoms with Crippen LogP contribution in [0.5, 0.6) is 0 Å². The van der Waals surface area contributed by atoms with E-state index in [4.69, 9.17) is 4.74 Å². The normalized spacial score (nSPS) is 26.8. The Hall–Kier alpha value is -2.20. The summed E-state index contributed by atoms with van der Waals surface area (Å²) in [5.74, 6) is -1.24. The Morgan fingerprint density at radius 1 is 1.08 bits per heavy atom. The number of aliphatic hydroxyl groups is 3. The second-order valence-corrected chi connectivity index (χ2v) is 6.22. The zero-order valence-electron chi connectivity index (χ0n) is 13.3. The third kappa shape index (κ3) is 2.55. The van der Waals surface area contributed by atoms with Gasteiger partial charge >= 0.3 is 6.18 Å². The van der Waals surface area contributed by atoms with Crippen LogP contribution in [0, 0.1) is 0 Å². The van der Waals surface area contributed by atoms with Gasteiger partial charge in [-0.25, -0.2) is 4.98 Å². The number of aromatic nitrogens is 2. The van der Waals surface area contributed by atoms with Gasteiger partial charge in [0.05, 0.1) is 17.6 Å². The topological polar surface area (TPSA) is 87.7 Å². The molecule has 3 N–H and O–H groups in total. The van der Waals surface area contributed by atoms with Crippen LogP contribution in [-0.2, 0) is 10.9 Å². The molecule has 1 aliphatic heterocycles. The number of fused-ring (bicyclic) bond motifs is 2. The van der Waals surface area contributed by atoms with Gasteiger partial charge in [-0.15, -0.1) is 0 Å². The van der Waals surface area contributed by atoms with Gasteiger partial charge in [0.25, 0.3) is 0 Å². The van der Waals surface area contributed by atoms with Crippen molar-refractivity contribution in [3.8, 4) is 0 Å². The fourth-order valence-corrected chi connectivity index (χ4v) is 3.33. The quantitative estimate of drug-likeness (QED) is 0.642. The number of ether oxygens (including phenoxy) is 1. The third-order valence-corrected chi connectivity index (χ3v) is 4.58. The molecule has 1 aromatic heterocycles. The molecule has 1 saturated heterocycles. The van der Waals surface area contributed by atoms with Gasteiger partial charge in [-0.2, -0.15) is 13.2 Å². The van der Waals surface area contributed by atoms with E-state index in [0.717, 1.165) is 9.95 Å². The van der Waals surface area contributed by atoms with Crippen molar-refractivity contribution in [1.29, 1.82) is 0 Å². The highest BCUT2D eigenvalue weighted by atomic mass is 19.4. The molecular formula is C17H15F3N2O4. The Morgan fingerprint density at radius 2 is 1.73 bits per heavy atom. The molecule has 0 bridgehead atoms. The van der Waals surface area contributed by atoms with E-state index in [2.05, 4.69) is 4.98 Å². The molecule has 9 heteroatoms. The summed E-state index contributed by atoms with van der Waals surface area (Å²) in [6.07, 6.45) is -10.7. The molecule has 0 saturated carbocycles. The summed E-state index contributed by atoms with van der Waals surface area (Å²) in [7, 11) is 0. The van der Waals surface area contributed by atoms with E-state index < -0.39 is 43.1 Å². The van der Waals surface area contributed by atoms with Gasteiger partial charge in [0.2, 0.25) is 5.82 Å². The van der Waals surface area contributed by atoms with Gasteiger partial charge in [-0.05, 0) is 22.9 Å². The van der Waals surface area contributed by atoms with Gasteiger partial charge in [0.15, 0.2) is 6.23 Å². The highest BCUT2D eigenvalue weighted by Gasteiger charge is 2.48. The molecule has 138 valence electrons. The molecular weight excluding hydrogens is 353 g/mol. The molecule has 0 radical (unpaired) electrons. The van der Waals surface area contributed by atoms with Gasteiger partial charge in [-0.3, -0.25) is 4.57 Å². The smallest absolute Gasteiger partial charge is 0.394 e. The maximum atomic E-state index is 13.6. The fourth-order valence-electron chi connectivity index (χ4n) is 3.33. The molecule has 0 amide bonds. The van der Waals surface area contributed by atoms with Crippen molar-refractivity contribution in [2.24, 2.45) is 0 Å². The van der Waals surface area contributed by atoms with Crippen LogP contribution >= 0.6 is 0 Å². The number of nitrogens with zero attached hydrogens (tertiary/aromatic N) is 2. The highest BCUT2D eigenvalue weighted by Crippen LogP contribution is 2.39. The number of aliphatic hydroxyl groups excluding tert-OH is 3. The van der Waals surface area contributed by atoms with Crippen molar-refractivity contribution < 1.29 is 33.2 Å². The summed E-state index contributed by atoms with van der Waals surface area (Å²) in [5, 5.41) is 30.7. The van der Waals surface area contributed by atoms with Crippen molar-refractivity contribution in [3.63, 3.8) is 0 Å². The number of benzene rings is 2. The first kappa shape index (κ1) is 17.2. The highest BCUT2D eigenvalue weighted by molar-refractivity contribution is 5.95. The molecule has 1 aliphatic rings. The Balaban J connectivity index is 1.98. The summed E-state index contributed by atoms with van der Waals surface area (Å²) in [6, 6.07) is 10.1.